The maximum atomic E-state index is 12.8. The highest BCUT2D eigenvalue weighted by Crippen LogP contribution is 2.38. The van der Waals surface area contributed by atoms with E-state index in [2.05, 4.69) is 6.92 Å². The van der Waals surface area contributed by atoms with E-state index in [4.69, 9.17) is 19.4 Å². The van der Waals surface area contributed by atoms with Gasteiger partial charge in [0.15, 0.2) is 6.61 Å². The average Bonchev–Trinajstić information content (AvgIpc) is 3.17. The van der Waals surface area contributed by atoms with Gasteiger partial charge in [0.25, 0.3) is 0 Å². The Labute approximate surface area is 156 Å². The second-order valence-corrected chi connectivity index (χ2v) is 6.76. The Morgan fingerprint density at radius 3 is 2.96 bits per heavy atom. The summed E-state index contributed by atoms with van der Waals surface area (Å²) >= 11 is 0. The number of fused-ring (bicyclic) bond motifs is 2. The number of benzene rings is 1. The van der Waals surface area contributed by atoms with Gasteiger partial charge in [0, 0.05) is 5.39 Å². The third kappa shape index (κ3) is 3.22. The zero-order valence-corrected chi connectivity index (χ0v) is 14.9. The standard InChI is InChI=1S/C22H18N2O3/c1-14-11-15(13-16-5-4-9-26-16)21-18(12-14)20(22(25)27-10-8-23)17-6-2-3-7-19(17)24-21/h2-7,9,13-14H,10-12H2,1H3/b15-13-. The number of allylic oxidation sites excluding steroid dienone is 1. The Morgan fingerprint density at radius 2 is 2.19 bits per heavy atom. The van der Waals surface area contributed by atoms with E-state index in [1.165, 1.54) is 0 Å². The van der Waals surface area contributed by atoms with Gasteiger partial charge in [0.05, 0.1) is 23.0 Å². The Bertz CT molecular complexity index is 1070. The highest BCUT2D eigenvalue weighted by Gasteiger charge is 2.28. The van der Waals surface area contributed by atoms with Crippen molar-refractivity contribution in [3.05, 3.63) is 65.2 Å². The fourth-order valence-corrected chi connectivity index (χ4v) is 3.68. The molecule has 2 heterocycles. The number of carbonyl (C=O) groups is 1. The molecule has 0 spiro atoms. The molecule has 27 heavy (non-hydrogen) atoms. The van der Waals surface area contributed by atoms with Gasteiger partial charge in [-0.2, -0.15) is 5.26 Å². The minimum atomic E-state index is -0.474. The van der Waals surface area contributed by atoms with Crippen LogP contribution in [0.25, 0.3) is 22.6 Å². The van der Waals surface area contributed by atoms with Crippen molar-refractivity contribution in [2.45, 2.75) is 19.8 Å². The highest BCUT2D eigenvalue weighted by atomic mass is 16.5. The monoisotopic (exact) mass is 358 g/mol. The van der Waals surface area contributed by atoms with Crippen LogP contribution in [0.5, 0.6) is 0 Å². The summed E-state index contributed by atoms with van der Waals surface area (Å²) in [5.74, 6) is 0.635. The minimum Gasteiger partial charge on any atom is -0.465 e. The first-order chi connectivity index (χ1) is 13.2. The number of para-hydroxylation sites is 1. The number of nitriles is 1. The van der Waals surface area contributed by atoms with E-state index >= 15 is 0 Å². The molecule has 0 amide bonds. The van der Waals surface area contributed by atoms with Crippen LogP contribution in [0.15, 0.2) is 47.1 Å². The number of rotatable bonds is 3. The normalized spacial score (nSPS) is 17.5. The molecule has 134 valence electrons. The molecule has 2 aromatic heterocycles. The van der Waals surface area contributed by atoms with Crippen molar-refractivity contribution in [2.75, 3.05) is 6.61 Å². The molecule has 1 atom stereocenters. The summed E-state index contributed by atoms with van der Waals surface area (Å²) in [6.07, 6.45) is 5.21. The van der Waals surface area contributed by atoms with Crippen LogP contribution in [-0.4, -0.2) is 17.6 Å². The summed E-state index contributed by atoms with van der Waals surface area (Å²) in [4.78, 5) is 17.6. The van der Waals surface area contributed by atoms with Crippen LogP contribution in [0, 0.1) is 17.2 Å². The molecule has 0 fully saturated rings. The molecular weight excluding hydrogens is 340 g/mol. The van der Waals surface area contributed by atoms with Gasteiger partial charge in [-0.25, -0.2) is 9.78 Å². The number of ether oxygens (including phenoxy) is 1. The molecule has 1 aromatic carbocycles. The summed E-state index contributed by atoms with van der Waals surface area (Å²) in [5, 5.41) is 9.54. The van der Waals surface area contributed by atoms with Crippen LogP contribution < -0.4 is 0 Å². The summed E-state index contributed by atoms with van der Waals surface area (Å²) in [6, 6.07) is 13.1. The number of furan rings is 1. The number of nitrogens with zero attached hydrogens (tertiary/aromatic N) is 2. The number of hydrogen-bond acceptors (Lipinski definition) is 5. The molecule has 0 aliphatic heterocycles. The van der Waals surface area contributed by atoms with Gasteiger partial charge in [0.2, 0.25) is 0 Å². The lowest BCUT2D eigenvalue weighted by Crippen LogP contribution is -2.19. The zero-order valence-electron chi connectivity index (χ0n) is 14.9. The maximum Gasteiger partial charge on any atom is 0.340 e. The van der Waals surface area contributed by atoms with Crippen LogP contribution in [0.4, 0.5) is 0 Å². The van der Waals surface area contributed by atoms with Crippen LogP contribution in [-0.2, 0) is 11.2 Å². The lowest BCUT2D eigenvalue weighted by Gasteiger charge is -2.26. The van der Waals surface area contributed by atoms with Crippen LogP contribution in [0.2, 0.25) is 0 Å². The first kappa shape index (κ1) is 17.0. The molecule has 1 aliphatic carbocycles. The fourth-order valence-electron chi connectivity index (χ4n) is 3.68. The zero-order chi connectivity index (χ0) is 18.8. The largest absolute Gasteiger partial charge is 0.465 e. The first-order valence-corrected chi connectivity index (χ1v) is 8.87. The lowest BCUT2D eigenvalue weighted by molar-refractivity contribution is 0.0555. The van der Waals surface area contributed by atoms with Crippen molar-refractivity contribution in [3.63, 3.8) is 0 Å². The van der Waals surface area contributed by atoms with Crippen molar-refractivity contribution in [2.24, 2.45) is 5.92 Å². The molecule has 4 rings (SSSR count). The third-order valence-corrected chi connectivity index (χ3v) is 4.75. The number of hydrogen-bond donors (Lipinski definition) is 0. The molecule has 3 aromatic rings. The number of pyridine rings is 1. The molecule has 0 radical (unpaired) electrons. The average molecular weight is 358 g/mol. The summed E-state index contributed by atoms with van der Waals surface area (Å²) in [6.45, 7) is 1.88. The minimum absolute atomic E-state index is 0.269. The topological polar surface area (TPSA) is 76.1 Å². The molecule has 1 aliphatic rings. The van der Waals surface area contributed by atoms with Crippen LogP contribution in [0.3, 0.4) is 0 Å². The molecular formula is C22H18N2O3. The van der Waals surface area contributed by atoms with Crippen molar-refractivity contribution in [3.8, 4) is 6.07 Å². The van der Waals surface area contributed by atoms with E-state index in [1.807, 2.05) is 48.5 Å². The SMILES string of the molecule is CC1C/C(=C/c2ccco2)c2nc3ccccc3c(C(=O)OCC#N)c2C1. The highest BCUT2D eigenvalue weighted by molar-refractivity contribution is 6.06. The van der Waals surface area contributed by atoms with E-state index in [-0.39, 0.29) is 6.61 Å². The van der Waals surface area contributed by atoms with Gasteiger partial charge < -0.3 is 9.15 Å². The van der Waals surface area contributed by atoms with Gasteiger partial charge in [-0.05, 0) is 54.2 Å². The Hall–Kier alpha value is -3.39. The maximum absolute atomic E-state index is 12.8. The quantitative estimate of drug-likeness (QED) is 0.638. The Balaban J connectivity index is 1.95. The molecule has 0 N–H and O–H groups in total. The second kappa shape index (κ2) is 7.08. The van der Waals surface area contributed by atoms with E-state index in [0.717, 1.165) is 46.3 Å². The van der Waals surface area contributed by atoms with Gasteiger partial charge in [-0.15, -0.1) is 0 Å². The summed E-state index contributed by atoms with van der Waals surface area (Å²) in [5.41, 5.74) is 3.99. The predicted molar refractivity (Wildman–Crippen MR) is 102 cm³/mol. The molecule has 0 saturated heterocycles. The van der Waals surface area contributed by atoms with Gasteiger partial charge in [-0.1, -0.05) is 25.1 Å². The third-order valence-electron chi connectivity index (χ3n) is 4.75. The molecule has 1 unspecified atom stereocenters. The smallest absolute Gasteiger partial charge is 0.340 e. The van der Waals surface area contributed by atoms with Crippen LogP contribution >= 0.6 is 0 Å². The van der Waals surface area contributed by atoms with Crippen molar-refractivity contribution >= 4 is 28.5 Å². The number of aromatic nitrogens is 1. The van der Waals surface area contributed by atoms with Crippen molar-refractivity contribution < 1.29 is 13.9 Å². The molecule has 5 heteroatoms. The Morgan fingerprint density at radius 1 is 1.33 bits per heavy atom. The van der Waals surface area contributed by atoms with Crippen molar-refractivity contribution in [1.29, 1.82) is 5.26 Å². The number of esters is 1. The molecule has 0 saturated carbocycles. The predicted octanol–water partition coefficient (Wildman–Crippen LogP) is 4.63. The fraction of sp³-hybridized carbons (Fsp3) is 0.227. The van der Waals surface area contributed by atoms with E-state index in [9.17, 15) is 4.79 Å². The Kier molecular flexibility index (Phi) is 4.47. The van der Waals surface area contributed by atoms with Crippen molar-refractivity contribution in [1.82, 2.24) is 4.98 Å². The molecule has 0 bridgehead atoms. The molecule has 5 nitrogen and oxygen atoms in total. The second-order valence-electron chi connectivity index (χ2n) is 6.76. The van der Waals surface area contributed by atoms with Crippen LogP contribution in [0.1, 0.15) is 40.7 Å². The van der Waals surface area contributed by atoms with E-state index in [0.29, 0.717) is 11.5 Å². The summed E-state index contributed by atoms with van der Waals surface area (Å²) < 4.78 is 10.6. The lowest BCUT2D eigenvalue weighted by atomic mass is 9.81. The van der Waals surface area contributed by atoms with Gasteiger partial charge in [-0.3, -0.25) is 0 Å². The summed E-state index contributed by atoms with van der Waals surface area (Å²) in [7, 11) is 0. The number of carbonyl (C=O) groups excluding carboxylic acids is 1. The van der Waals surface area contributed by atoms with Gasteiger partial charge in [0.1, 0.15) is 11.8 Å². The first-order valence-electron chi connectivity index (χ1n) is 8.87. The van der Waals surface area contributed by atoms with Gasteiger partial charge >= 0.3 is 5.97 Å². The van der Waals surface area contributed by atoms with E-state index in [1.54, 1.807) is 6.26 Å². The van der Waals surface area contributed by atoms with E-state index < -0.39 is 5.97 Å².